The molecule has 0 aromatic heterocycles. The lowest BCUT2D eigenvalue weighted by atomic mass is 9.53. The molecule has 2 fully saturated rings. The Hall–Kier alpha value is -0.250. The SMILES string of the molecule is CCC1(N)CC2CC(C)CC(C(F)(F)F)(C2)C1. The van der Waals surface area contributed by atoms with E-state index in [0.717, 1.165) is 12.8 Å². The molecule has 2 aliphatic rings. The van der Waals surface area contributed by atoms with Crippen LogP contribution in [0.4, 0.5) is 13.2 Å². The highest BCUT2D eigenvalue weighted by Gasteiger charge is 2.62. The molecular formula is C13H22F3N. The minimum Gasteiger partial charge on any atom is -0.325 e. The highest BCUT2D eigenvalue weighted by Crippen LogP contribution is 2.60. The number of alkyl halides is 3. The Labute approximate surface area is 101 Å². The summed E-state index contributed by atoms with van der Waals surface area (Å²) in [6.45, 7) is 3.86. The lowest BCUT2D eigenvalue weighted by molar-refractivity contribution is -0.261. The second-order valence-corrected chi connectivity index (χ2v) is 6.49. The zero-order valence-electron chi connectivity index (χ0n) is 10.6. The van der Waals surface area contributed by atoms with E-state index in [0.29, 0.717) is 12.8 Å². The minimum atomic E-state index is -4.10. The predicted molar refractivity (Wildman–Crippen MR) is 61.4 cm³/mol. The maximum Gasteiger partial charge on any atom is 0.394 e. The van der Waals surface area contributed by atoms with Crippen LogP contribution in [0.25, 0.3) is 0 Å². The van der Waals surface area contributed by atoms with E-state index in [-0.39, 0.29) is 24.7 Å². The van der Waals surface area contributed by atoms with Crippen LogP contribution in [0.1, 0.15) is 52.4 Å². The summed E-state index contributed by atoms with van der Waals surface area (Å²) in [6, 6.07) is 0. The van der Waals surface area contributed by atoms with Gasteiger partial charge >= 0.3 is 6.18 Å². The molecule has 0 aliphatic heterocycles. The van der Waals surface area contributed by atoms with E-state index < -0.39 is 17.1 Å². The Morgan fingerprint density at radius 1 is 1.24 bits per heavy atom. The fourth-order valence-electron chi connectivity index (χ4n) is 4.26. The van der Waals surface area contributed by atoms with Crippen molar-refractivity contribution in [3.05, 3.63) is 0 Å². The third kappa shape index (κ3) is 2.20. The largest absolute Gasteiger partial charge is 0.394 e. The van der Waals surface area contributed by atoms with E-state index in [4.69, 9.17) is 5.73 Å². The first-order chi connectivity index (χ1) is 7.70. The molecule has 4 unspecified atom stereocenters. The lowest BCUT2D eigenvalue weighted by Crippen LogP contribution is -2.58. The van der Waals surface area contributed by atoms with Crippen LogP contribution in [-0.2, 0) is 0 Å². The predicted octanol–water partition coefficient (Wildman–Crippen LogP) is 3.87. The van der Waals surface area contributed by atoms with Crippen molar-refractivity contribution in [2.24, 2.45) is 23.0 Å². The van der Waals surface area contributed by atoms with Gasteiger partial charge in [-0.15, -0.1) is 0 Å². The van der Waals surface area contributed by atoms with E-state index in [2.05, 4.69) is 0 Å². The molecule has 4 atom stereocenters. The van der Waals surface area contributed by atoms with Crippen LogP contribution in [0, 0.1) is 17.3 Å². The summed E-state index contributed by atoms with van der Waals surface area (Å²) in [4.78, 5) is 0. The summed E-state index contributed by atoms with van der Waals surface area (Å²) in [5, 5.41) is 0. The third-order valence-corrected chi connectivity index (χ3v) is 4.85. The summed E-state index contributed by atoms with van der Waals surface area (Å²) < 4.78 is 40.2. The van der Waals surface area contributed by atoms with Crippen LogP contribution in [0.15, 0.2) is 0 Å². The molecule has 2 aliphatic carbocycles. The smallest absolute Gasteiger partial charge is 0.325 e. The summed E-state index contributed by atoms with van der Waals surface area (Å²) >= 11 is 0. The van der Waals surface area contributed by atoms with Gasteiger partial charge in [0.2, 0.25) is 0 Å². The Kier molecular flexibility index (Phi) is 3.00. The number of nitrogens with two attached hydrogens (primary N) is 1. The molecule has 2 saturated carbocycles. The number of hydrogen-bond donors (Lipinski definition) is 1. The minimum absolute atomic E-state index is 0.126. The maximum absolute atomic E-state index is 13.4. The average Bonchev–Trinajstić information content (AvgIpc) is 2.13. The molecule has 100 valence electrons. The molecule has 4 heteroatoms. The quantitative estimate of drug-likeness (QED) is 0.750. The van der Waals surface area contributed by atoms with Gasteiger partial charge in [0.15, 0.2) is 0 Å². The van der Waals surface area contributed by atoms with Crippen LogP contribution in [0.3, 0.4) is 0 Å². The first-order valence-electron chi connectivity index (χ1n) is 6.55. The van der Waals surface area contributed by atoms with E-state index in [1.54, 1.807) is 0 Å². The van der Waals surface area contributed by atoms with E-state index >= 15 is 0 Å². The Morgan fingerprint density at radius 2 is 1.88 bits per heavy atom. The average molecular weight is 249 g/mol. The van der Waals surface area contributed by atoms with Crippen LogP contribution in [-0.4, -0.2) is 11.7 Å². The zero-order chi connectivity index (χ0) is 12.9. The van der Waals surface area contributed by atoms with E-state index in [1.165, 1.54) is 0 Å². The summed E-state index contributed by atoms with van der Waals surface area (Å²) in [6.07, 6.45) is -1.06. The highest BCUT2D eigenvalue weighted by atomic mass is 19.4. The van der Waals surface area contributed by atoms with Gasteiger partial charge in [-0.1, -0.05) is 13.8 Å². The van der Waals surface area contributed by atoms with Gasteiger partial charge < -0.3 is 5.73 Å². The van der Waals surface area contributed by atoms with Crippen LogP contribution < -0.4 is 5.73 Å². The van der Waals surface area contributed by atoms with Crippen molar-refractivity contribution in [2.45, 2.75) is 64.1 Å². The summed E-state index contributed by atoms with van der Waals surface area (Å²) in [5.74, 6) is 0.343. The third-order valence-electron chi connectivity index (χ3n) is 4.85. The van der Waals surface area contributed by atoms with Gasteiger partial charge in [0.1, 0.15) is 0 Å². The molecule has 0 aromatic rings. The van der Waals surface area contributed by atoms with Crippen molar-refractivity contribution in [1.29, 1.82) is 0 Å². The van der Waals surface area contributed by atoms with Gasteiger partial charge in [0.05, 0.1) is 5.41 Å². The van der Waals surface area contributed by atoms with Gasteiger partial charge in [-0.25, -0.2) is 0 Å². The molecule has 0 spiro atoms. The highest BCUT2D eigenvalue weighted by molar-refractivity contribution is 5.06. The van der Waals surface area contributed by atoms with Gasteiger partial charge in [-0.2, -0.15) is 13.2 Å². The van der Waals surface area contributed by atoms with E-state index in [1.807, 2.05) is 13.8 Å². The molecule has 0 amide bonds. The lowest BCUT2D eigenvalue weighted by Gasteiger charge is -2.54. The van der Waals surface area contributed by atoms with Crippen molar-refractivity contribution in [2.75, 3.05) is 0 Å². The molecule has 2 bridgehead atoms. The van der Waals surface area contributed by atoms with Gasteiger partial charge in [-0.05, 0) is 50.4 Å². The van der Waals surface area contributed by atoms with Crippen molar-refractivity contribution in [3.8, 4) is 0 Å². The topological polar surface area (TPSA) is 26.0 Å². The molecule has 0 aromatic carbocycles. The number of fused-ring (bicyclic) bond motifs is 2. The number of halogens is 3. The monoisotopic (exact) mass is 249 g/mol. The molecule has 0 heterocycles. The van der Waals surface area contributed by atoms with Gasteiger partial charge in [0, 0.05) is 5.54 Å². The molecule has 1 nitrogen and oxygen atoms in total. The standard InChI is InChI=1S/C13H22F3N/c1-3-12(17)7-10-4-9(2)5-11(6-10,8-12)13(14,15)16/h9-10H,3-8,17H2,1-2H3. The molecule has 17 heavy (non-hydrogen) atoms. The van der Waals surface area contributed by atoms with Crippen molar-refractivity contribution in [1.82, 2.24) is 0 Å². The Morgan fingerprint density at radius 3 is 2.41 bits per heavy atom. The maximum atomic E-state index is 13.4. The second-order valence-electron chi connectivity index (χ2n) is 6.49. The number of rotatable bonds is 1. The number of hydrogen-bond acceptors (Lipinski definition) is 1. The Balaban J connectivity index is 2.33. The van der Waals surface area contributed by atoms with Gasteiger partial charge in [0.25, 0.3) is 0 Å². The zero-order valence-corrected chi connectivity index (χ0v) is 10.6. The van der Waals surface area contributed by atoms with Crippen LogP contribution in [0.5, 0.6) is 0 Å². The summed E-state index contributed by atoms with van der Waals surface area (Å²) in [5.41, 5.74) is 4.08. The van der Waals surface area contributed by atoms with Crippen molar-refractivity contribution >= 4 is 0 Å². The fourth-order valence-corrected chi connectivity index (χ4v) is 4.26. The van der Waals surface area contributed by atoms with Crippen LogP contribution in [0.2, 0.25) is 0 Å². The normalized spacial score (nSPS) is 46.9. The first kappa shape index (κ1) is 13.2. The molecule has 0 saturated heterocycles. The molecule has 2 N–H and O–H groups in total. The van der Waals surface area contributed by atoms with E-state index in [9.17, 15) is 13.2 Å². The molecule has 2 rings (SSSR count). The first-order valence-corrected chi connectivity index (χ1v) is 6.55. The molecular weight excluding hydrogens is 227 g/mol. The second kappa shape index (κ2) is 3.87. The molecule has 0 radical (unpaired) electrons. The van der Waals surface area contributed by atoms with Crippen molar-refractivity contribution in [3.63, 3.8) is 0 Å². The fraction of sp³-hybridized carbons (Fsp3) is 1.00. The summed E-state index contributed by atoms with van der Waals surface area (Å²) in [7, 11) is 0. The van der Waals surface area contributed by atoms with Crippen molar-refractivity contribution < 1.29 is 13.2 Å². The van der Waals surface area contributed by atoms with Gasteiger partial charge in [-0.3, -0.25) is 0 Å². The van der Waals surface area contributed by atoms with Crippen LogP contribution >= 0.6 is 0 Å². The Bertz CT molecular complexity index is 298.